The minimum absolute atomic E-state index is 0.0391. The van der Waals surface area contributed by atoms with Crippen molar-refractivity contribution in [1.82, 2.24) is 5.32 Å². The van der Waals surface area contributed by atoms with E-state index in [4.69, 9.17) is 16.3 Å². The van der Waals surface area contributed by atoms with Crippen LogP contribution < -0.4 is 15.0 Å². The van der Waals surface area contributed by atoms with E-state index in [0.29, 0.717) is 16.5 Å². The van der Waals surface area contributed by atoms with E-state index in [-0.39, 0.29) is 30.2 Å². The van der Waals surface area contributed by atoms with E-state index in [1.807, 2.05) is 24.3 Å². The van der Waals surface area contributed by atoms with Crippen molar-refractivity contribution in [2.24, 2.45) is 0 Å². The van der Waals surface area contributed by atoms with Gasteiger partial charge in [0.05, 0.1) is 5.69 Å². The number of hydrogen-bond donors (Lipinski definition) is 1. The van der Waals surface area contributed by atoms with Crippen molar-refractivity contribution < 1.29 is 14.3 Å². The van der Waals surface area contributed by atoms with Crippen LogP contribution in [-0.4, -0.2) is 24.4 Å². The molecule has 1 N–H and O–H groups in total. The average molecular weight is 439 g/mol. The maximum absolute atomic E-state index is 13.2. The molecule has 1 aliphatic heterocycles. The quantitative estimate of drug-likeness (QED) is 0.656. The molecule has 0 spiro atoms. The van der Waals surface area contributed by atoms with Crippen LogP contribution in [0.4, 0.5) is 5.69 Å². The lowest BCUT2D eigenvalue weighted by molar-refractivity contribution is -0.124. The van der Waals surface area contributed by atoms with E-state index in [0.717, 1.165) is 31.2 Å². The van der Waals surface area contributed by atoms with Gasteiger partial charge in [-0.15, -0.1) is 0 Å². The topological polar surface area (TPSA) is 58.6 Å². The molecule has 1 aliphatic carbocycles. The number of nitrogens with zero attached hydrogens (tertiary/aromatic N) is 1. The highest BCUT2D eigenvalue weighted by Gasteiger charge is 2.32. The minimum Gasteiger partial charge on any atom is -0.449 e. The molecule has 1 saturated carbocycles. The molecule has 0 radical (unpaired) electrons. The van der Waals surface area contributed by atoms with Gasteiger partial charge in [-0.1, -0.05) is 68.0 Å². The zero-order valence-corrected chi connectivity index (χ0v) is 18.2. The van der Waals surface area contributed by atoms with Gasteiger partial charge in [0, 0.05) is 11.1 Å². The molecule has 2 aliphatic rings. The lowest BCUT2D eigenvalue weighted by atomic mass is 9.97. The molecule has 2 amide bonds. The van der Waals surface area contributed by atoms with Crippen LogP contribution in [0, 0.1) is 0 Å². The molecule has 0 atom stereocenters. The van der Waals surface area contributed by atoms with E-state index < -0.39 is 0 Å². The van der Waals surface area contributed by atoms with E-state index in [9.17, 15) is 9.59 Å². The molecule has 1 heterocycles. The average Bonchev–Trinajstić information content (AvgIpc) is 2.73. The van der Waals surface area contributed by atoms with Gasteiger partial charge in [0.1, 0.15) is 6.54 Å². The van der Waals surface area contributed by atoms with Gasteiger partial charge >= 0.3 is 0 Å². The zero-order valence-electron chi connectivity index (χ0n) is 17.5. The minimum atomic E-state index is -0.341. The van der Waals surface area contributed by atoms with Crippen LogP contribution in [0.2, 0.25) is 5.02 Å². The van der Waals surface area contributed by atoms with Crippen molar-refractivity contribution >= 4 is 35.2 Å². The summed E-state index contributed by atoms with van der Waals surface area (Å²) in [4.78, 5) is 27.6. The van der Waals surface area contributed by atoms with Crippen molar-refractivity contribution in [2.45, 2.75) is 51.0 Å². The maximum Gasteiger partial charge on any atom is 0.294 e. The third kappa shape index (κ3) is 5.47. The summed E-state index contributed by atoms with van der Waals surface area (Å²) in [5.41, 5.74) is 1.36. The van der Waals surface area contributed by atoms with Crippen molar-refractivity contribution in [3.63, 3.8) is 0 Å². The van der Waals surface area contributed by atoms with E-state index in [1.165, 1.54) is 24.2 Å². The predicted octanol–water partition coefficient (Wildman–Crippen LogP) is 5.34. The Kier molecular flexibility index (Phi) is 6.92. The highest BCUT2D eigenvalue weighted by molar-refractivity contribution is 6.30. The molecular formula is C25H27ClN2O3. The van der Waals surface area contributed by atoms with Gasteiger partial charge in [0.25, 0.3) is 5.91 Å². The number of carbonyl (C=O) groups is 2. The summed E-state index contributed by atoms with van der Waals surface area (Å²) in [7, 11) is 0. The van der Waals surface area contributed by atoms with E-state index >= 15 is 0 Å². The molecule has 31 heavy (non-hydrogen) atoms. The first-order chi connectivity index (χ1) is 15.1. The fourth-order valence-electron chi connectivity index (χ4n) is 4.18. The molecule has 1 fully saturated rings. The van der Waals surface area contributed by atoms with Gasteiger partial charge in [0.2, 0.25) is 5.91 Å². The summed E-state index contributed by atoms with van der Waals surface area (Å²) >= 11 is 6.07. The second-order valence-corrected chi connectivity index (χ2v) is 8.57. The number of halogens is 1. The van der Waals surface area contributed by atoms with Crippen molar-refractivity contribution in [2.75, 3.05) is 11.4 Å². The second-order valence-electron chi connectivity index (χ2n) is 8.13. The first-order valence-corrected chi connectivity index (χ1v) is 11.3. The number of rotatable bonds is 4. The van der Waals surface area contributed by atoms with Gasteiger partial charge in [-0.05, 0) is 48.7 Å². The first-order valence-electron chi connectivity index (χ1n) is 11.0. The molecule has 4 rings (SSSR count). The number of anilines is 1. The Hall–Kier alpha value is -2.79. The monoisotopic (exact) mass is 438 g/mol. The van der Waals surface area contributed by atoms with Crippen molar-refractivity contribution in [3.05, 3.63) is 64.9 Å². The standard InChI is InChI=1S/C25H27ClN2O3/c26-19-10-8-9-18(15-19)16-23-25(30)28(21-13-6-7-14-22(21)31-23)17-24(29)27-20-11-4-2-1-3-5-12-20/h6-10,13-16,20H,1-5,11-12,17H2,(H,27,29)/b23-16+. The summed E-state index contributed by atoms with van der Waals surface area (Å²) in [5, 5.41) is 3.72. The normalized spacial score (nSPS) is 18.7. The number of hydrogen-bond acceptors (Lipinski definition) is 3. The number of carbonyl (C=O) groups excluding carboxylic acids is 2. The first kappa shape index (κ1) is 21.4. The largest absolute Gasteiger partial charge is 0.449 e. The smallest absolute Gasteiger partial charge is 0.294 e. The molecule has 0 aromatic heterocycles. The Balaban J connectivity index is 1.53. The Bertz CT molecular complexity index is 980. The van der Waals surface area contributed by atoms with Gasteiger partial charge < -0.3 is 10.1 Å². The van der Waals surface area contributed by atoms with Crippen LogP contribution in [0.15, 0.2) is 54.3 Å². The van der Waals surface area contributed by atoms with Crippen LogP contribution >= 0.6 is 11.6 Å². The summed E-state index contributed by atoms with van der Waals surface area (Å²) in [6, 6.07) is 14.7. The molecule has 2 aromatic carbocycles. The summed E-state index contributed by atoms with van der Waals surface area (Å²) < 4.78 is 5.88. The number of fused-ring (bicyclic) bond motifs is 1. The van der Waals surface area contributed by atoms with Gasteiger partial charge in [-0.3, -0.25) is 14.5 Å². The highest BCUT2D eigenvalue weighted by Crippen LogP contribution is 2.35. The SMILES string of the molecule is O=C(CN1C(=O)/C(=C\c2cccc(Cl)c2)Oc2ccccc21)NC1CCCCCCC1. The fraction of sp³-hybridized carbons (Fsp3) is 0.360. The second kappa shape index (κ2) is 10.0. The number of nitrogens with one attached hydrogen (secondary N) is 1. The number of para-hydroxylation sites is 2. The Morgan fingerprint density at radius 3 is 2.58 bits per heavy atom. The zero-order chi connectivity index (χ0) is 21.6. The maximum atomic E-state index is 13.2. The molecule has 5 nitrogen and oxygen atoms in total. The van der Waals surface area contributed by atoms with Crippen LogP contribution in [0.25, 0.3) is 6.08 Å². The van der Waals surface area contributed by atoms with Crippen LogP contribution in [0.5, 0.6) is 5.75 Å². The summed E-state index contributed by atoms with van der Waals surface area (Å²) in [6.45, 7) is -0.0391. The predicted molar refractivity (Wildman–Crippen MR) is 123 cm³/mol. The molecule has 0 unspecified atom stereocenters. The third-order valence-corrected chi connectivity index (χ3v) is 5.99. The van der Waals surface area contributed by atoms with Gasteiger partial charge in [-0.2, -0.15) is 0 Å². The summed E-state index contributed by atoms with van der Waals surface area (Å²) in [6.07, 6.45) is 9.65. The Morgan fingerprint density at radius 1 is 1.06 bits per heavy atom. The number of amides is 2. The fourth-order valence-corrected chi connectivity index (χ4v) is 4.38. The van der Waals surface area contributed by atoms with Crippen molar-refractivity contribution in [1.29, 1.82) is 0 Å². The van der Waals surface area contributed by atoms with Crippen molar-refractivity contribution in [3.8, 4) is 5.75 Å². The molecule has 162 valence electrons. The van der Waals surface area contributed by atoms with Gasteiger partial charge in [0.15, 0.2) is 11.5 Å². The Morgan fingerprint density at radius 2 is 1.81 bits per heavy atom. The van der Waals surface area contributed by atoms with Crippen LogP contribution in [-0.2, 0) is 9.59 Å². The molecule has 0 bridgehead atoms. The molecule has 6 heteroatoms. The van der Waals surface area contributed by atoms with E-state index in [2.05, 4.69) is 5.32 Å². The highest BCUT2D eigenvalue weighted by atomic mass is 35.5. The van der Waals surface area contributed by atoms with Crippen LogP contribution in [0.1, 0.15) is 50.5 Å². The molecular weight excluding hydrogens is 412 g/mol. The molecule has 2 aromatic rings. The number of ether oxygens (including phenoxy) is 1. The lowest BCUT2D eigenvalue weighted by Gasteiger charge is -2.31. The molecule has 0 saturated heterocycles. The lowest BCUT2D eigenvalue weighted by Crippen LogP contribution is -2.46. The van der Waals surface area contributed by atoms with Gasteiger partial charge in [-0.25, -0.2) is 0 Å². The number of benzene rings is 2. The Labute approximate surface area is 188 Å². The van der Waals surface area contributed by atoms with E-state index in [1.54, 1.807) is 30.3 Å². The summed E-state index contributed by atoms with van der Waals surface area (Å²) in [5.74, 6) is 0.234. The van der Waals surface area contributed by atoms with Crippen LogP contribution in [0.3, 0.4) is 0 Å². The third-order valence-electron chi connectivity index (χ3n) is 5.75.